The van der Waals surface area contributed by atoms with Crippen LogP contribution < -0.4 is 10.6 Å². The first-order valence-corrected chi connectivity index (χ1v) is 18.7. The van der Waals surface area contributed by atoms with Gasteiger partial charge in [0.15, 0.2) is 5.78 Å². The Hall–Kier alpha value is -3.50. The summed E-state index contributed by atoms with van der Waals surface area (Å²) in [6, 6.07) is -2.44. The van der Waals surface area contributed by atoms with Crippen molar-refractivity contribution < 1.29 is 28.8 Å². The fraction of sp³-hybridized carbons (Fsp3) is 0.737. The number of hydrogen-bond donors (Lipinski definition) is 2. The summed E-state index contributed by atoms with van der Waals surface area (Å²) in [5, 5.41) is 5.88. The predicted molar refractivity (Wildman–Crippen MR) is 183 cm³/mol. The van der Waals surface area contributed by atoms with Gasteiger partial charge < -0.3 is 15.5 Å². The van der Waals surface area contributed by atoms with E-state index in [9.17, 15) is 28.8 Å². The Balaban J connectivity index is 1.36. The summed E-state index contributed by atoms with van der Waals surface area (Å²) < 4.78 is 0. The van der Waals surface area contributed by atoms with Gasteiger partial charge >= 0.3 is 0 Å². The van der Waals surface area contributed by atoms with E-state index in [4.69, 9.17) is 0 Å². The Morgan fingerprint density at radius 2 is 1.65 bits per heavy atom. The lowest BCUT2D eigenvalue weighted by molar-refractivity contribution is -0.148. The van der Waals surface area contributed by atoms with Crippen molar-refractivity contribution in [3.8, 4) is 0 Å². The number of aromatic nitrogens is 2. The van der Waals surface area contributed by atoms with E-state index in [1.165, 1.54) is 18.6 Å². The van der Waals surface area contributed by atoms with Crippen molar-refractivity contribution >= 4 is 35.1 Å². The summed E-state index contributed by atoms with van der Waals surface area (Å²) in [5.41, 5.74) is -0.487. The zero-order valence-corrected chi connectivity index (χ0v) is 29.7. The highest BCUT2D eigenvalue weighted by Gasteiger charge is 2.52. The highest BCUT2D eigenvalue weighted by molar-refractivity contribution is 6.39. The molecule has 1 aromatic rings. The van der Waals surface area contributed by atoms with Crippen LogP contribution in [0, 0.1) is 35.0 Å². The van der Waals surface area contributed by atoms with E-state index in [0.29, 0.717) is 19.4 Å². The number of ketones is 3. The highest BCUT2D eigenvalue weighted by atomic mass is 16.2. The summed E-state index contributed by atoms with van der Waals surface area (Å²) in [4.78, 5) is 92.0. The van der Waals surface area contributed by atoms with Crippen LogP contribution in [-0.4, -0.2) is 74.6 Å². The lowest BCUT2D eigenvalue weighted by Crippen LogP contribution is -2.56. The number of nitrogens with one attached hydrogen (secondary N) is 2. The van der Waals surface area contributed by atoms with Gasteiger partial charge in [0.2, 0.25) is 23.4 Å². The van der Waals surface area contributed by atoms with Crippen molar-refractivity contribution in [2.24, 2.45) is 35.0 Å². The minimum absolute atomic E-state index is 0.0407. The third kappa shape index (κ3) is 9.00. The molecule has 0 bridgehead atoms. The average Bonchev–Trinajstić information content (AvgIpc) is 3.65. The predicted octanol–water partition coefficient (Wildman–Crippen LogP) is 4.63. The number of amides is 3. The maximum absolute atomic E-state index is 14.7. The van der Waals surface area contributed by atoms with Gasteiger partial charge in [0.25, 0.3) is 5.91 Å². The van der Waals surface area contributed by atoms with Crippen LogP contribution in [-0.2, 0) is 24.0 Å². The van der Waals surface area contributed by atoms with Gasteiger partial charge in [0.1, 0.15) is 11.7 Å². The number of carbonyl (C=O) groups excluding carboxylic acids is 6. The normalized spacial score (nSPS) is 24.4. The second kappa shape index (κ2) is 16.0. The topological polar surface area (TPSA) is 156 Å². The first kappa shape index (κ1) is 36.8. The minimum atomic E-state index is -0.907. The number of rotatable bonds is 15. The zero-order valence-electron chi connectivity index (χ0n) is 29.7. The smallest absolute Gasteiger partial charge is 0.272 e. The molecular weight excluding hydrogens is 622 g/mol. The lowest BCUT2D eigenvalue weighted by Gasteiger charge is -2.37. The first-order chi connectivity index (χ1) is 23.4. The molecule has 0 spiro atoms. The number of fused-ring (bicyclic) bond motifs is 1. The molecule has 5 rings (SSSR count). The molecule has 11 heteroatoms. The van der Waals surface area contributed by atoms with Crippen molar-refractivity contribution in [2.75, 3.05) is 6.54 Å². The van der Waals surface area contributed by atoms with Gasteiger partial charge in [-0.2, -0.15) is 0 Å². The Morgan fingerprint density at radius 1 is 0.918 bits per heavy atom. The quantitative estimate of drug-likeness (QED) is 0.255. The third-order valence-corrected chi connectivity index (χ3v) is 11.4. The molecular formula is C38H55N5O6. The number of likely N-dealkylation sites (tertiary alicyclic amines) is 1. The Bertz CT molecular complexity index is 1380. The summed E-state index contributed by atoms with van der Waals surface area (Å²) >= 11 is 0. The molecule has 0 unspecified atom stereocenters. The molecule has 0 aromatic carbocycles. The van der Waals surface area contributed by atoms with E-state index in [-0.39, 0.29) is 59.8 Å². The van der Waals surface area contributed by atoms with Crippen molar-refractivity contribution in [3.63, 3.8) is 0 Å². The van der Waals surface area contributed by atoms with Crippen LogP contribution in [0.25, 0.3) is 0 Å². The first-order valence-electron chi connectivity index (χ1n) is 18.7. The van der Waals surface area contributed by atoms with Crippen LogP contribution >= 0.6 is 0 Å². The minimum Gasteiger partial charge on any atom is -0.344 e. The van der Waals surface area contributed by atoms with E-state index in [2.05, 4.69) is 20.6 Å². The molecule has 1 aromatic heterocycles. The van der Waals surface area contributed by atoms with Gasteiger partial charge in [-0.1, -0.05) is 59.8 Å². The average molecular weight is 678 g/mol. The maximum atomic E-state index is 14.7. The highest BCUT2D eigenvalue weighted by Crippen LogP contribution is 2.44. The molecule has 1 aliphatic heterocycles. The van der Waals surface area contributed by atoms with Gasteiger partial charge in [-0.05, 0) is 74.0 Å². The molecule has 6 atom stereocenters. The van der Waals surface area contributed by atoms with Gasteiger partial charge in [-0.15, -0.1) is 0 Å². The Morgan fingerprint density at radius 3 is 2.29 bits per heavy atom. The van der Waals surface area contributed by atoms with Crippen LogP contribution in [0.15, 0.2) is 18.6 Å². The molecule has 3 aliphatic carbocycles. The summed E-state index contributed by atoms with van der Waals surface area (Å²) in [6.45, 7) is 8.14. The molecule has 268 valence electrons. The monoisotopic (exact) mass is 677 g/mol. The molecule has 4 aliphatic rings. The van der Waals surface area contributed by atoms with Crippen LogP contribution in [0.3, 0.4) is 0 Å². The van der Waals surface area contributed by atoms with E-state index in [0.717, 1.165) is 64.2 Å². The molecule has 0 radical (unpaired) electrons. The summed E-state index contributed by atoms with van der Waals surface area (Å²) in [5.74, 6) is -2.65. The van der Waals surface area contributed by atoms with E-state index in [1.54, 1.807) is 4.90 Å². The fourth-order valence-electron chi connectivity index (χ4n) is 8.41. The fourth-order valence-corrected chi connectivity index (χ4v) is 8.41. The van der Waals surface area contributed by atoms with Crippen LogP contribution in [0.2, 0.25) is 0 Å². The Kier molecular flexibility index (Phi) is 12.0. The number of carbonyl (C=O) groups is 6. The van der Waals surface area contributed by atoms with Crippen LogP contribution in [0.1, 0.15) is 128 Å². The molecule has 3 saturated carbocycles. The Labute approximate surface area is 290 Å². The van der Waals surface area contributed by atoms with E-state index in [1.807, 2.05) is 27.7 Å². The molecule has 4 fully saturated rings. The van der Waals surface area contributed by atoms with Crippen molar-refractivity contribution in [3.05, 3.63) is 24.3 Å². The third-order valence-electron chi connectivity index (χ3n) is 11.4. The second-order valence-corrected chi connectivity index (χ2v) is 16.1. The van der Waals surface area contributed by atoms with Gasteiger partial charge in [-0.3, -0.25) is 33.8 Å². The molecule has 3 amide bonds. The van der Waals surface area contributed by atoms with Gasteiger partial charge in [-0.25, -0.2) is 4.98 Å². The molecule has 2 heterocycles. The largest absolute Gasteiger partial charge is 0.344 e. The number of Topliss-reactive ketones (excluding diaryl/α,β-unsaturated/α-hetero) is 3. The zero-order chi connectivity index (χ0) is 35.3. The standard InChI is InChI=1S/C38H55N5O6/c1-5-10-28(34(46)31(45)19-23-15-16-23)41-36(48)33-26-14-9-13-25(26)22-43(33)37(49)27(38(2,3)4)20-30(44)32(24-11-7-6-8-12-24)42-35(47)29-21-39-17-18-40-29/h17-18,21,23-28,32-33H,5-16,19-20,22H2,1-4H3,(H,41,48)(H,42,47)/t25-,26-,27+,28-,32-,33-/m0/s1. The molecule has 11 nitrogen and oxygen atoms in total. The maximum Gasteiger partial charge on any atom is 0.272 e. The summed E-state index contributed by atoms with van der Waals surface area (Å²) in [6.07, 6.45) is 14.7. The van der Waals surface area contributed by atoms with Crippen LogP contribution in [0.5, 0.6) is 0 Å². The SMILES string of the molecule is CCC[C@H](NC(=O)[C@@H]1[C@H]2CCC[C@H]2CN1C(=O)[C@@H](CC(=O)[C@@H](NC(=O)c1cnccn1)C1CCCCC1)C(C)(C)C)C(=O)C(=O)CC1CC1. The van der Waals surface area contributed by atoms with Gasteiger partial charge in [0.05, 0.1) is 18.3 Å². The summed E-state index contributed by atoms with van der Waals surface area (Å²) in [7, 11) is 0. The molecule has 49 heavy (non-hydrogen) atoms. The van der Waals surface area contributed by atoms with Crippen LogP contribution in [0.4, 0.5) is 0 Å². The van der Waals surface area contributed by atoms with Crippen molar-refractivity contribution in [1.82, 2.24) is 25.5 Å². The lowest BCUT2D eigenvalue weighted by atomic mass is 9.74. The second-order valence-electron chi connectivity index (χ2n) is 16.1. The molecule has 1 saturated heterocycles. The molecule has 2 N–H and O–H groups in total. The number of nitrogens with zero attached hydrogens (tertiary/aromatic N) is 3. The van der Waals surface area contributed by atoms with E-state index < -0.39 is 46.9 Å². The van der Waals surface area contributed by atoms with Crippen molar-refractivity contribution in [2.45, 2.75) is 136 Å². The van der Waals surface area contributed by atoms with Gasteiger partial charge in [0, 0.05) is 37.7 Å². The number of hydrogen-bond acceptors (Lipinski definition) is 8. The van der Waals surface area contributed by atoms with Crippen molar-refractivity contribution in [1.29, 1.82) is 0 Å². The van der Waals surface area contributed by atoms with E-state index >= 15 is 0 Å².